The Balaban J connectivity index is 1.29. The highest BCUT2D eigenvalue weighted by molar-refractivity contribution is 5.78. The van der Waals surface area contributed by atoms with Crippen molar-refractivity contribution in [2.24, 2.45) is 5.92 Å². The summed E-state index contributed by atoms with van der Waals surface area (Å²) in [4.78, 5) is 19.3. The van der Waals surface area contributed by atoms with Crippen molar-refractivity contribution in [2.75, 3.05) is 13.1 Å². The van der Waals surface area contributed by atoms with Gasteiger partial charge in [-0.25, -0.2) is 4.98 Å². The van der Waals surface area contributed by atoms with E-state index in [0.717, 1.165) is 49.5 Å². The van der Waals surface area contributed by atoms with Crippen molar-refractivity contribution in [3.05, 3.63) is 66.4 Å². The molecule has 0 aliphatic carbocycles. The molecule has 4 rings (SSSR count). The zero-order valence-corrected chi connectivity index (χ0v) is 15.1. The van der Waals surface area contributed by atoms with E-state index in [1.54, 1.807) is 12.5 Å². The number of aromatic nitrogens is 1. The second-order valence-electron chi connectivity index (χ2n) is 6.88. The summed E-state index contributed by atoms with van der Waals surface area (Å²) in [7, 11) is 0. The number of carbonyl (C=O) groups excluding carboxylic acids is 1. The van der Waals surface area contributed by atoms with Crippen molar-refractivity contribution in [3.8, 4) is 11.5 Å². The minimum absolute atomic E-state index is 0.00536. The summed E-state index contributed by atoms with van der Waals surface area (Å²) in [6, 6.07) is 13.6. The smallest absolute Gasteiger partial charge is 0.226 e. The van der Waals surface area contributed by atoms with Crippen LogP contribution in [-0.4, -0.2) is 28.9 Å². The fraction of sp³-hybridized carbons (Fsp3) is 0.333. The van der Waals surface area contributed by atoms with Gasteiger partial charge in [-0.15, -0.1) is 0 Å². The number of carbonyl (C=O) groups is 1. The highest BCUT2D eigenvalue weighted by atomic mass is 16.3. The zero-order chi connectivity index (χ0) is 18.5. The minimum Gasteiger partial charge on any atom is -0.468 e. The fourth-order valence-electron chi connectivity index (χ4n) is 3.46. The summed E-state index contributed by atoms with van der Waals surface area (Å²) in [5.41, 5.74) is 1.65. The molecule has 1 saturated heterocycles. The Kier molecular flexibility index (Phi) is 5.34. The molecule has 0 saturated carbocycles. The zero-order valence-electron chi connectivity index (χ0n) is 15.1. The normalized spacial score (nSPS) is 17.7. The Morgan fingerprint density at radius 3 is 2.89 bits per heavy atom. The number of benzene rings is 1. The van der Waals surface area contributed by atoms with Crippen LogP contribution in [-0.2, 0) is 17.9 Å². The van der Waals surface area contributed by atoms with Crippen LogP contribution in [0.15, 0.2) is 63.8 Å². The van der Waals surface area contributed by atoms with E-state index < -0.39 is 0 Å². The number of piperidine rings is 1. The molecule has 140 valence electrons. The molecule has 2 aromatic heterocycles. The van der Waals surface area contributed by atoms with Gasteiger partial charge in [0.25, 0.3) is 0 Å². The van der Waals surface area contributed by atoms with Crippen molar-refractivity contribution in [3.63, 3.8) is 0 Å². The van der Waals surface area contributed by atoms with Crippen LogP contribution in [0, 0.1) is 5.92 Å². The van der Waals surface area contributed by atoms with E-state index in [9.17, 15) is 4.79 Å². The Bertz CT molecular complexity index is 858. The molecule has 0 unspecified atom stereocenters. The summed E-state index contributed by atoms with van der Waals surface area (Å²) < 4.78 is 10.9. The maximum atomic E-state index is 12.6. The molecular weight excluding hydrogens is 342 g/mol. The highest BCUT2D eigenvalue weighted by Gasteiger charge is 2.26. The average molecular weight is 365 g/mol. The summed E-state index contributed by atoms with van der Waals surface area (Å²) in [6.45, 7) is 2.87. The van der Waals surface area contributed by atoms with E-state index in [2.05, 4.69) is 15.2 Å². The van der Waals surface area contributed by atoms with Crippen molar-refractivity contribution >= 4 is 5.91 Å². The lowest BCUT2D eigenvalue weighted by atomic mass is 9.97. The van der Waals surface area contributed by atoms with Gasteiger partial charge in [0.1, 0.15) is 12.0 Å². The van der Waals surface area contributed by atoms with Crippen LogP contribution in [0.3, 0.4) is 0 Å². The second-order valence-corrected chi connectivity index (χ2v) is 6.88. The van der Waals surface area contributed by atoms with Crippen molar-refractivity contribution in [1.82, 2.24) is 15.2 Å². The molecule has 3 aromatic rings. The van der Waals surface area contributed by atoms with Gasteiger partial charge >= 0.3 is 0 Å². The Morgan fingerprint density at radius 2 is 2.07 bits per heavy atom. The first-order valence-corrected chi connectivity index (χ1v) is 9.30. The molecule has 3 heterocycles. The lowest BCUT2D eigenvalue weighted by Gasteiger charge is -2.31. The molecule has 6 nitrogen and oxygen atoms in total. The Morgan fingerprint density at radius 1 is 1.19 bits per heavy atom. The molecule has 1 fully saturated rings. The Hall–Kier alpha value is -2.86. The molecule has 0 radical (unpaired) electrons. The van der Waals surface area contributed by atoms with E-state index >= 15 is 0 Å². The monoisotopic (exact) mass is 365 g/mol. The van der Waals surface area contributed by atoms with Gasteiger partial charge in [-0.05, 0) is 43.7 Å². The number of nitrogens with one attached hydrogen (secondary N) is 1. The van der Waals surface area contributed by atoms with Crippen molar-refractivity contribution in [2.45, 2.75) is 25.9 Å². The number of oxazole rings is 1. The molecule has 27 heavy (non-hydrogen) atoms. The summed E-state index contributed by atoms with van der Waals surface area (Å²) in [5.74, 6) is 1.58. The van der Waals surface area contributed by atoms with E-state index in [1.165, 1.54) is 0 Å². The summed E-state index contributed by atoms with van der Waals surface area (Å²) in [5, 5.41) is 3.00. The van der Waals surface area contributed by atoms with Gasteiger partial charge in [0, 0.05) is 12.1 Å². The lowest BCUT2D eigenvalue weighted by Crippen LogP contribution is -2.42. The number of nitrogens with zero attached hydrogens (tertiary/aromatic N) is 2. The second kappa shape index (κ2) is 8.22. The van der Waals surface area contributed by atoms with Crippen molar-refractivity contribution in [1.29, 1.82) is 0 Å². The number of likely N-dealkylation sites (tertiary alicyclic amines) is 1. The lowest BCUT2D eigenvalue weighted by molar-refractivity contribution is -0.127. The standard InChI is InChI=1S/C21H23N3O3/c25-20(17-8-4-10-24(13-17)14-19-9-5-11-26-19)22-12-18-15-27-21(23-18)16-6-2-1-3-7-16/h1-3,5-7,9,11,15,17H,4,8,10,12-14H2,(H,22,25)/t17-/m0/s1. The third kappa shape index (κ3) is 4.46. The van der Waals surface area contributed by atoms with Crippen LogP contribution in [0.2, 0.25) is 0 Å². The molecule has 0 bridgehead atoms. The summed E-state index contributed by atoms with van der Waals surface area (Å²) >= 11 is 0. The van der Waals surface area contributed by atoms with Crippen LogP contribution in [0.25, 0.3) is 11.5 Å². The first-order chi connectivity index (χ1) is 13.3. The quantitative estimate of drug-likeness (QED) is 0.724. The van der Waals surface area contributed by atoms with E-state index in [-0.39, 0.29) is 11.8 Å². The third-order valence-corrected chi connectivity index (χ3v) is 4.85. The largest absolute Gasteiger partial charge is 0.468 e. The number of hydrogen-bond donors (Lipinski definition) is 1. The van der Waals surface area contributed by atoms with Crippen LogP contribution >= 0.6 is 0 Å². The molecule has 0 spiro atoms. The van der Waals surface area contributed by atoms with Gasteiger partial charge in [0.2, 0.25) is 11.8 Å². The number of rotatable bonds is 6. The van der Waals surface area contributed by atoms with Gasteiger partial charge in [-0.1, -0.05) is 18.2 Å². The molecule has 1 atom stereocenters. The molecule has 1 N–H and O–H groups in total. The maximum absolute atomic E-state index is 12.6. The average Bonchev–Trinajstić information content (AvgIpc) is 3.39. The molecule has 1 amide bonds. The van der Waals surface area contributed by atoms with Gasteiger partial charge in [0.15, 0.2) is 0 Å². The van der Waals surface area contributed by atoms with Gasteiger partial charge in [-0.3, -0.25) is 9.69 Å². The van der Waals surface area contributed by atoms with Crippen LogP contribution in [0.5, 0.6) is 0 Å². The van der Waals surface area contributed by atoms with E-state index in [1.807, 2.05) is 42.5 Å². The number of hydrogen-bond acceptors (Lipinski definition) is 5. The molecule has 1 aliphatic heterocycles. The maximum Gasteiger partial charge on any atom is 0.226 e. The van der Waals surface area contributed by atoms with E-state index in [4.69, 9.17) is 8.83 Å². The van der Waals surface area contributed by atoms with Gasteiger partial charge in [-0.2, -0.15) is 0 Å². The van der Waals surface area contributed by atoms with Crippen LogP contribution < -0.4 is 5.32 Å². The molecule has 6 heteroatoms. The topological polar surface area (TPSA) is 71.5 Å². The molecule has 1 aliphatic rings. The first-order valence-electron chi connectivity index (χ1n) is 9.30. The number of amides is 1. The van der Waals surface area contributed by atoms with Crippen molar-refractivity contribution < 1.29 is 13.6 Å². The number of furan rings is 1. The minimum atomic E-state index is -0.00536. The molecule has 1 aromatic carbocycles. The molecular formula is C21H23N3O3. The van der Waals surface area contributed by atoms with Gasteiger partial charge < -0.3 is 14.2 Å². The first kappa shape index (κ1) is 17.5. The third-order valence-electron chi connectivity index (χ3n) is 4.85. The fourth-order valence-corrected chi connectivity index (χ4v) is 3.46. The van der Waals surface area contributed by atoms with E-state index in [0.29, 0.717) is 12.4 Å². The SMILES string of the molecule is O=C(NCc1coc(-c2ccccc2)n1)[C@H]1CCCN(Cc2ccco2)C1. The summed E-state index contributed by atoms with van der Waals surface area (Å²) in [6.07, 6.45) is 5.22. The highest BCUT2D eigenvalue weighted by Crippen LogP contribution is 2.20. The van der Waals surface area contributed by atoms with Crippen LogP contribution in [0.1, 0.15) is 24.3 Å². The Labute approximate surface area is 158 Å². The van der Waals surface area contributed by atoms with Crippen LogP contribution in [0.4, 0.5) is 0 Å². The predicted octanol–water partition coefficient (Wildman–Crippen LogP) is 3.46. The van der Waals surface area contributed by atoms with Gasteiger partial charge in [0.05, 0.1) is 31.0 Å². The predicted molar refractivity (Wildman–Crippen MR) is 100 cm³/mol.